The van der Waals surface area contributed by atoms with Crippen molar-refractivity contribution in [2.75, 3.05) is 13.1 Å². The number of halogens is 2. The van der Waals surface area contributed by atoms with Crippen molar-refractivity contribution in [3.05, 3.63) is 0 Å². The van der Waals surface area contributed by atoms with E-state index in [1.54, 1.807) is 0 Å². The molecule has 0 unspecified atom stereocenters. The van der Waals surface area contributed by atoms with Crippen LogP contribution in [0.2, 0.25) is 0 Å². The first kappa shape index (κ1) is 22.8. The maximum atomic E-state index is 9.24. The Labute approximate surface area is 104 Å². The van der Waals surface area contributed by atoms with E-state index < -0.39 is 11.9 Å². The second-order valence-electron chi connectivity index (χ2n) is 1.20. The highest BCUT2D eigenvalue weighted by molar-refractivity contribution is 14.0. The zero-order chi connectivity index (χ0) is 8.57. The summed E-state index contributed by atoms with van der Waals surface area (Å²) in [4.78, 5) is 18.5. The van der Waals surface area contributed by atoms with E-state index in [0.717, 1.165) is 0 Å². The van der Waals surface area contributed by atoms with Crippen LogP contribution in [0, 0.1) is 0 Å². The lowest BCUT2D eigenvalue weighted by atomic mass is 10.7. The van der Waals surface area contributed by atoms with Crippen LogP contribution in [0.1, 0.15) is 0 Å². The Balaban J connectivity index is -0.0000000457. The van der Waals surface area contributed by atoms with Crippen LogP contribution in [-0.2, 0) is 9.59 Å². The Morgan fingerprint density at radius 2 is 1.00 bits per heavy atom. The molecular formula is C4H12I2N2O4. The summed E-state index contributed by atoms with van der Waals surface area (Å²) in [6.07, 6.45) is 0. The monoisotopic (exact) mass is 406 g/mol. The van der Waals surface area contributed by atoms with Crippen LogP contribution in [0.15, 0.2) is 0 Å². The molecule has 0 aromatic rings. The molecule has 0 aromatic heterocycles. The highest BCUT2D eigenvalue weighted by atomic mass is 127. The summed E-state index contributed by atoms with van der Waals surface area (Å²) in [6.45, 7) is -0.556. The lowest BCUT2D eigenvalue weighted by Gasteiger charge is -1.73. The van der Waals surface area contributed by atoms with Crippen molar-refractivity contribution in [1.82, 2.24) is 0 Å². The molecule has 0 fully saturated rings. The van der Waals surface area contributed by atoms with Gasteiger partial charge >= 0.3 is 11.9 Å². The predicted molar refractivity (Wildman–Crippen MR) is 64.2 cm³/mol. The molecule has 0 aliphatic carbocycles. The minimum Gasteiger partial charge on any atom is -0.480 e. The maximum absolute atomic E-state index is 9.24. The van der Waals surface area contributed by atoms with Gasteiger partial charge in [0.25, 0.3) is 0 Å². The topological polar surface area (TPSA) is 127 Å². The fourth-order valence-corrected chi connectivity index (χ4v) is 0. The zero-order valence-electron chi connectivity index (χ0n) is 6.10. The average Bonchev–Trinajstić information content (AvgIpc) is 1.89. The summed E-state index contributed by atoms with van der Waals surface area (Å²) < 4.78 is 0. The van der Waals surface area contributed by atoms with Crippen LogP contribution >= 0.6 is 48.0 Å². The molecule has 6 N–H and O–H groups in total. The molecular weight excluding hydrogens is 394 g/mol. The van der Waals surface area contributed by atoms with Gasteiger partial charge in [0, 0.05) is 0 Å². The molecule has 0 aliphatic heterocycles. The van der Waals surface area contributed by atoms with Crippen LogP contribution in [0.5, 0.6) is 0 Å². The highest BCUT2D eigenvalue weighted by Crippen LogP contribution is 1.44. The van der Waals surface area contributed by atoms with Crippen LogP contribution in [0.3, 0.4) is 0 Å². The van der Waals surface area contributed by atoms with Crippen molar-refractivity contribution in [1.29, 1.82) is 0 Å². The van der Waals surface area contributed by atoms with Crippen LogP contribution < -0.4 is 11.5 Å². The highest BCUT2D eigenvalue weighted by Gasteiger charge is 1.81. The fourth-order valence-electron chi connectivity index (χ4n) is 0. The first-order valence-corrected chi connectivity index (χ1v) is 2.38. The van der Waals surface area contributed by atoms with Gasteiger partial charge in [0.2, 0.25) is 0 Å². The quantitative estimate of drug-likeness (QED) is 0.450. The fraction of sp³-hybridized carbons (Fsp3) is 0.500. The number of nitrogens with two attached hydrogens (primary N) is 2. The largest absolute Gasteiger partial charge is 0.480 e. The molecule has 0 saturated carbocycles. The van der Waals surface area contributed by atoms with E-state index in [1.807, 2.05) is 0 Å². The van der Waals surface area contributed by atoms with Gasteiger partial charge in [0.1, 0.15) is 0 Å². The molecule has 0 heterocycles. The summed E-state index contributed by atoms with van der Waals surface area (Å²) in [6, 6.07) is 0. The molecule has 0 bridgehead atoms. The second-order valence-corrected chi connectivity index (χ2v) is 1.20. The van der Waals surface area contributed by atoms with Gasteiger partial charge in [-0.1, -0.05) is 0 Å². The summed E-state index contributed by atoms with van der Waals surface area (Å²) in [5, 5.41) is 15.2. The van der Waals surface area contributed by atoms with Crippen molar-refractivity contribution < 1.29 is 19.8 Å². The van der Waals surface area contributed by atoms with Gasteiger partial charge in [-0.25, -0.2) is 0 Å². The van der Waals surface area contributed by atoms with Gasteiger partial charge in [0.05, 0.1) is 13.1 Å². The van der Waals surface area contributed by atoms with Crippen molar-refractivity contribution in [2.45, 2.75) is 0 Å². The van der Waals surface area contributed by atoms with Gasteiger partial charge in [-0.2, -0.15) is 0 Å². The minimum absolute atomic E-state index is 0. The molecule has 0 aliphatic rings. The van der Waals surface area contributed by atoms with E-state index in [1.165, 1.54) is 0 Å². The van der Waals surface area contributed by atoms with Crippen LogP contribution in [0.4, 0.5) is 0 Å². The number of carboxylic acids is 2. The summed E-state index contributed by atoms with van der Waals surface area (Å²) in [5.74, 6) is -1.94. The Morgan fingerprint density at radius 1 is 0.917 bits per heavy atom. The maximum Gasteiger partial charge on any atom is 0.317 e. The lowest BCUT2D eigenvalue weighted by Crippen LogP contribution is -2.10. The van der Waals surface area contributed by atoms with Crippen molar-refractivity contribution in [2.24, 2.45) is 11.5 Å². The van der Waals surface area contributed by atoms with E-state index in [-0.39, 0.29) is 61.0 Å². The summed E-state index contributed by atoms with van der Waals surface area (Å²) in [7, 11) is 0. The Hall–Kier alpha value is 0.320. The van der Waals surface area contributed by atoms with Gasteiger partial charge < -0.3 is 21.7 Å². The Kier molecular flexibility index (Phi) is 33.1. The van der Waals surface area contributed by atoms with E-state index in [9.17, 15) is 9.59 Å². The number of hydrogen-bond acceptors (Lipinski definition) is 4. The molecule has 0 atom stereocenters. The van der Waals surface area contributed by atoms with Gasteiger partial charge in [-0.3, -0.25) is 9.59 Å². The third-order valence-electron chi connectivity index (χ3n) is 0.349. The molecule has 0 amide bonds. The Bertz CT molecular complexity index is 108. The van der Waals surface area contributed by atoms with Crippen molar-refractivity contribution in [3.63, 3.8) is 0 Å². The summed E-state index contributed by atoms with van der Waals surface area (Å²) in [5.41, 5.74) is 9.14. The average molecular weight is 406 g/mol. The van der Waals surface area contributed by atoms with E-state index >= 15 is 0 Å². The van der Waals surface area contributed by atoms with E-state index in [4.69, 9.17) is 10.2 Å². The van der Waals surface area contributed by atoms with E-state index in [2.05, 4.69) is 11.5 Å². The van der Waals surface area contributed by atoms with Crippen molar-refractivity contribution in [3.8, 4) is 0 Å². The normalized spacial score (nSPS) is 6.17. The number of rotatable bonds is 2. The minimum atomic E-state index is -0.968. The molecule has 0 rings (SSSR count). The molecule has 8 heteroatoms. The first-order valence-electron chi connectivity index (χ1n) is 2.38. The molecule has 6 nitrogen and oxygen atoms in total. The molecule has 0 spiro atoms. The van der Waals surface area contributed by atoms with Gasteiger partial charge in [-0.15, -0.1) is 48.0 Å². The molecule has 12 heavy (non-hydrogen) atoms. The predicted octanol–water partition coefficient (Wildman–Crippen LogP) is -0.705. The Morgan fingerprint density at radius 3 is 1.00 bits per heavy atom. The standard InChI is InChI=1S/2C2H5NO2.2HI/c2*3-1-2(4)5;;/h2*1,3H2,(H,4,5);2*1H. The summed E-state index contributed by atoms with van der Waals surface area (Å²) >= 11 is 0. The third kappa shape index (κ3) is 48.0. The third-order valence-corrected chi connectivity index (χ3v) is 0.349. The van der Waals surface area contributed by atoms with Crippen molar-refractivity contribution >= 4 is 59.9 Å². The zero-order valence-corrected chi connectivity index (χ0v) is 10.8. The van der Waals surface area contributed by atoms with Gasteiger partial charge in [0.15, 0.2) is 0 Å². The molecule has 0 aromatic carbocycles. The molecule has 0 radical (unpaired) electrons. The molecule has 0 saturated heterocycles. The molecule has 76 valence electrons. The van der Waals surface area contributed by atoms with Crippen LogP contribution in [0.25, 0.3) is 0 Å². The number of hydrogen-bond donors (Lipinski definition) is 4. The number of aliphatic carboxylic acids is 2. The SMILES string of the molecule is I.I.NCC(=O)O.NCC(=O)O. The lowest BCUT2D eigenvalue weighted by molar-refractivity contribution is -0.136. The van der Waals surface area contributed by atoms with E-state index in [0.29, 0.717) is 0 Å². The number of carboxylic acid groups (broad SMARTS) is 2. The van der Waals surface area contributed by atoms with Crippen LogP contribution in [-0.4, -0.2) is 35.2 Å². The first-order chi connectivity index (χ1) is 4.54. The van der Waals surface area contributed by atoms with Gasteiger partial charge in [-0.05, 0) is 0 Å². The smallest absolute Gasteiger partial charge is 0.317 e. The second kappa shape index (κ2) is 17.4. The number of carbonyl (C=O) groups is 2.